The van der Waals surface area contributed by atoms with Crippen LogP contribution in [0.3, 0.4) is 0 Å². The maximum absolute atomic E-state index is 12.2. The lowest BCUT2D eigenvalue weighted by Gasteiger charge is -2.13. The minimum Gasteiger partial charge on any atom is -0.454 e. The van der Waals surface area contributed by atoms with Gasteiger partial charge in [-0.1, -0.05) is 0 Å². The molecule has 1 atom stereocenters. The molecule has 2 rings (SSSR count). The van der Waals surface area contributed by atoms with E-state index in [-0.39, 0.29) is 18.3 Å². The summed E-state index contributed by atoms with van der Waals surface area (Å²) in [5.74, 6) is -1.70. The fraction of sp³-hybridized carbons (Fsp3) is 0.357. The highest BCUT2D eigenvalue weighted by molar-refractivity contribution is 6.00. The number of rotatable bonds is 5. The molecule has 0 saturated carbocycles. The lowest BCUT2D eigenvalue weighted by molar-refractivity contribution is -0.385. The van der Waals surface area contributed by atoms with Gasteiger partial charge in [0, 0.05) is 12.6 Å². The fourth-order valence-electron chi connectivity index (χ4n) is 1.94. The van der Waals surface area contributed by atoms with E-state index in [1.807, 2.05) is 5.32 Å². The Morgan fingerprint density at radius 1 is 1.32 bits per heavy atom. The van der Waals surface area contributed by atoms with Crippen LogP contribution in [0.4, 0.5) is 10.5 Å². The first-order chi connectivity index (χ1) is 11.8. The third-order valence-corrected chi connectivity index (χ3v) is 3.13. The number of nitro benzene ring substituents is 1. The van der Waals surface area contributed by atoms with Gasteiger partial charge in [0.05, 0.1) is 11.0 Å². The summed E-state index contributed by atoms with van der Waals surface area (Å²) in [6.07, 6.45) is -1.35. The number of hydrogen-bond acceptors (Lipinski definition) is 8. The smallest absolute Gasteiger partial charge is 0.346 e. The Kier molecular flexibility index (Phi) is 5.37. The second-order valence-corrected chi connectivity index (χ2v) is 4.88. The van der Waals surface area contributed by atoms with Gasteiger partial charge < -0.3 is 19.5 Å². The van der Waals surface area contributed by atoms with Crippen LogP contribution >= 0.6 is 0 Å². The first-order valence-corrected chi connectivity index (χ1v) is 7.21. The van der Waals surface area contributed by atoms with Gasteiger partial charge in [-0.3, -0.25) is 20.2 Å². The number of nitrogens with zero attached hydrogens (tertiary/aromatic N) is 1. The van der Waals surface area contributed by atoms with Crippen LogP contribution < -0.4 is 20.1 Å². The van der Waals surface area contributed by atoms with Gasteiger partial charge in [0.1, 0.15) is 5.56 Å². The van der Waals surface area contributed by atoms with E-state index < -0.39 is 40.2 Å². The minimum atomic E-state index is -1.35. The molecular weight excluding hydrogens is 338 g/mol. The predicted octanol–water partition coefficient (Wildman–Crippen LogP) is 0.715. The van der Waals surface area contributed by atoms with E-state index in [1.165, 1.54) is 6.92 Å². The zero-order valence-corrected chi connectivity index (χ0v) is 13.4. The number of fused-ring (bicyclic) bond motifs is 1. The van der Waals surface area contributed by atoms with Gasteiger partial charge in [-0.15, -0.1) is 0 Å². The topological polar surface area (TPSA) is 146 Å². The number of esters is 1. The number of nitro groups is 1. The van der Waals surface area contributed by atoms with Crippen LogP contribution in [0.1, 0.15) is 24.2 Å². The van der Waals surface area contributed by atoms with E-state index in [0.29, 0.717) is 6.54 Å². The number of benzene rings is 1. The average Bonchev–Trinajstić information content (AvgIpc) is 3.00. The van der Waals surface area contributed by atoms with Gasteiger partial charge in [0.25, 0.3) is 11.6 Å². The van der Waals surface area contributed by atoms with Crippen molar-refractivity contribution >= 4 is 23.6 Å². The molecule has 134 valence electrons. The third-order valence-electron chi connectivity index (χ3n) is 3.13. The molecule has 0 fully saturated rings. The number of carbonyl (C=O) groups is 3. The quantitative estimate of drug-likeness (QED) is 0.447. The molecule has 1 aromatic rings. The Balaban J connectivity index is 2.14. The Hall–Kier alpha value is -3.37. The van der Waals surface area contributed by atoms with Crippen LogP contribution in [0.5, 0.6) is 11.5 Å². The number of carbonyl (C=O) groups excluding carboxylic acids is 3. The maximum Gasteiger partial charge on any atom is 0.346 e. The monoisotopic (exact) mass is 353 g/mol. The summed E-state index contributed by atoms with van der Waals surface area (Å²) in [5.41, 5.74) is -0.947. The third kappa shape index (κ3) is 4.13. The molecule has 1 unspecified atom stereocenters. The Morgan fingerprint density at radius 2 is 1.96 bits per heavy atom. The van der Waals surface area contributed by atoms with Crippen molar-refractivity contribution in [3.05, 3.63) is 27.8 Å². The Morgan fingerprint density at radius 3 is 2.56 bits per heavy atom. The molecule has 0 radical (unpaired) electrons. The summed E-state index contributed by atoms with van der Waals surface area (Å²) in [7, 11) is 0. The number of hydrogen-bond donors (Lipinski definition) is 2. The van der Waals surface area contributed by atoms with Gasteiger partial charge in [0.2, 0.25) is 6.79 Å². The first-order valence-electron chi connectivity index (χ1n) is 7.21. The van der Waals surface area contributed by atoms with Crippen molar-refractivity contribution < 1.29 is 33.5 Å². The molecule has 3 amide bonds. The Bertz CT molecular complexity index is 733. The van der Waals surface area contributed by atoms with E-state index in [0.717, 1.165) is 12.1 Å². The van der Waals surface area contributed by atoms with Crippen LogP contribution in [0.25, 0.3) is 0 Å². The first kappa shape index (κ1) is 18.0. The zero-order chi connectivity index (χ0) is 18.6. The normalized spacial score (nSPS) is 12.9. The van der Waals surface area contributed by atoms with Crippen molar-refractivity contribution in [2.75, 3.05) is 13.3 Å². The van der Waals surface area contributed by atoms with E-state index in [1.54, 1.807) is 6.92 Å². The van der Waals surface area contributed by atoms with Crippen molar-refractivity contribution in [1.29, 1.82) is 0 Å². The van der Waals surface area contributed by atoms with Crippen molar-refractivity contribution in [3.63, 3.8) is 0 Å². The van der Waals surface area contributed by atoms with Gasteiger partial charge in [-0.25, -0.2) is 9.59 Å². The molecule has 0 bridgehead atoms. The molecular formula is C14H15N3O8. The van der Waals surface area contributed by atoms with Crippen LogP contribution in [0, 0.1) is 10.1 Å². The highest BCUT2D eigenvalue weighted by atomic mass is 16.7. The molecule has 0 aromatic heterocycles. The van der Waals surface area contributed by atoms with Gasteiger partial charge in [0.15, 0.2) is 17.6 Å². The van der Waals surface area contributed by atoms with E-state index in [4.69, 9.17) is 14.2 Å². The van der Waals surface area contributed by atoms with Crippen LogP contribution in [0.15, 0.2) is 12.1 Å². The molecule has 11 nitrogen and oxygen atoms in total. The molecule has 1 aliphatic heterocycles. The summed E-state index contributed by atoms with van der Waals surface area (Å²) < 4.78 is 15.0. The number of amides is 3. The van der Waals surface area contributed by atoms with Gasteiger partial charge in [-0.05, 0) is 13.8 Å². The van der Waals surface area contributed by atoms with E-state index in [2.05, 4.69) is 5.32 Å². The predicted molar refractivity (Wildman–Crippen MR) is 81.3 cm³/mol. The van der Waals surface area contributed by atoms with Crippen molar-refractivity contribution in [2.24, 2.45) is 0 Å². The average molecular weight is 353 g/mol. The highest BCUT2D eigenvalue weighted by Gasteiger charge is 2.30. The number of nitrogens with one attached hydrogen (secondary N) is 2. The van der Waals surface area contributed by atoms with E-state index >= 15 is 0 Å². The van der Waals surface area contributed by atoms with Gasteiger partial charge in [-0.2, -0.15) is 0 Å². The number of imide groups is 1. The fourth-order valence-corrected chi connectivity index (χ4v) is 1.94. The minimum absolute atomic E-state index is 0.129. The van der Waals surface area contributed by atoms with Crippen LogP contribution in [-0.2, 0) is 9.53 Å². The lowest BCUT2D eigenvalue weighted by atomic mass is 10.1. The molecule has 2 N–H and O–H groups in total. The molecule has 1 heterocycles. The van der Waals surface area contributed by atoms with Crippen molar-refractivity contribution in [1.82, 2.24) is 10.6 Å². The van der Waals surface area contributed by atoms with Crippen molar-refractivity contribution in [3.8, 4) is 11.5 Å². The zero-order valence-electron chi connectivity index (χ0n) is 13.4. The molecule has 0 aliphatic carbocycles. The van der Waals surface area contributed by atoms with Crippen LogP contribution in [-0.4, -0.2) is 42.3 Å². The largest absolute Gasteiger partial charge is 0.454 e. The second-order valence-electron chi connectivity index (χ2n) is 4.88. The molecule has 0 saturated heterocycles. The van der Waals surface area contributed by atoms with E-state index in [9.17, 15) is 24.5 Å². The van der Waals surface area contributed by atoms with Gasteiger partial charge >= 0.3 is 12.0 Å². The SMILES string of the molecule is CCNC(=O)NC(=O)C(C)OC(=O)c1cc2c(cc1[N+](=O)[O-])OCO2. The lowest BCUT2D eigenvalue weighted by Crippen LogP contribution is -2.44. The van der Waals surface area contributed by atoms with Crippen molar-refractivity contribution in [2.45, 2.75) is 20.0 Å². The summed E-state index contributed by atoms with van der Waals surface area (Å²) in [4.78, 5) is 45.6. The van der Waals surface area contributed by atoms with Crippen LogP contribution in [0.2, 0.25) is 0 Å². The molecule has 1 aromatic carbocycles. The molecule has 0 spiro atoms. The highest BCUT2D eigenvalue weighted by Crippen LogP contribution is 2.38. The molecule has 11 heteroatoms. The molecule has 1 aliphatic rings. The summed E-state index contributed by atoms with van der Waals surface area (Å²) in [6, 6.07) is 1.40. The molecule has 25 heavy (non-hydrogen) atoms. The second kappa shape index (κ2) is 7.47. The number of ether oxygens (including phenoxy) is 3. The standard InChI is InChI=1S/C14H15N3O8/c1-3-15-14(20)16-12(18)7(2)25-13(19)8-4-10-11(24-6-23-10)5-9(8)17(21)22/h4-5,7H,3,6H2,1-2H3,(H2,15,16,18,20). The summed E-state index contributed by atoms with van der Waals surface area (Å²) >= 11 is 0. The summed E-state index contributed by atoms with van der Waals surface area (Å²) in [6.45, 7) is 3.06. The maximum atomic E-state index is 12.2. The number of urea groups is 1. The summed E-state index contributed by atoms with van der Waals surface area (Å²) in [5, 5.41) is 15.4. The Labute approximate surface area is 141 Å².